The highest BCUT2D eigenvalue weighted by molar-refractivity contribution is 6.31. The Balaban J connectivity index is 1.88. The maximum absolute atomic E-state index is 12.7. The van der Waals surface area contributed by atoms with E-state index in [0.29, 0.717) is 16.7 Å². The Kier molecular flexibility index (Phi) is 3.16. The second kappa shape index (κ2) is 4.67. The Hall–Kier alpha value is -0.860. The number of hydrogen-bond acceptors (Lipinski definition) is 2. The molecular weight excluding hydrogens is 246 g/mol. The fraction of sp³-hybridized carbons (Fsp3) is 0.533. The largest absolute Gasteiger partial charge is 0.303 e. The molecule has 3 heterocycles. The van der Waals surface area contributed by atoms with Gasteiger partial charge >= 0.3 is 0 Å². The Morgan fingerprint density at radius 3 is 2.67 bits per heavy atom. The Bertz CT molecular complexity index is 477. The fourth-order valence-corrected chi connectivity index (χ4v) is 3.49. The molecule has 3 aliphatic rings. The van der Waals surface area contributed by atoms with Gasteiger partial charge in [-0.25, -0.2) is 0 Å². The molecule has 1 aromatic carbocycles. The number of carbonyl (C=O) groups excluding carboxylic acids is 1. The first-order valence-electron chi connectivity index (χ1n) is 6.68. The molecule has 4 rings (SSSR count). The summed E-state index contributed by atoms with van der Waals surface area (Å²) in [6.45, 7) is 5.27. The molecule has 0 spiro atoms. The zero-order valence-corrected chi connectivity index (χ0v) is 11.4. The van der Waals surface area contributed by atoms with Crippen molar-refractivity contribution in [3.05, 3.63) is 34.3 Å². The van der Waals surface area contributed by atoms with Crippen molar-refractivity contribution >= 4 is 17.4 Å². The molecule has 0 N–H and O–H groups in total. The van der Waals surface area contributed by atoms with E-state index in [1.165, 1.54) is 25.9 Å². The summed E-state index contributed by atoms with van der Waals surface area (Å²) in [5.41, 5.74) is 1.86. The summed E-state index contributed by atoms with van der Waals surface area (Å²) in [5.74, 6) is 1.06. The molecule has 1 atom stereocenters. The number of aryl methyl sites for hydroxylation is 1. The van der Waals surface area contributed by atoms with Gasteiger partial charge in [0.25, 0.3) is 0 Å². The Morgan fingerprint density at radius 2 is 2.06 bits per heavy atom. The minimum absolute atomic E-state index is 0.185. The quantitative estimate of drug-likeness (QED) is 0.764. The number of halogens is 1. The maximum atomic E-state index is 12.7. The molecule has 18 heavy (non-hydrogen) atoms. The summed E-state index contributed by atoms with van der Waals surface area (Å²) in [6.07, 6.45) is 2.35. The highest BCUT2D eigenvalue weighted by atomic mass is 35.5. The predicted octanol–water partition coefficient (Wildman–Crippen LogP) is 3.17. The van der Waals surface area contributed by atoms with Crippen LogP contribution in [-0.4, -0.2) is 30.3 Å². The first-order valence-corrected chi connectivity index (χ1v) is 7.05. The van der Waals surface area contributed by atoms with Gasteiger partial charge in [0.2, 0.25) is 0 Å². The minimum atomic E-state index is 0.185. The van der Waals surface area contributed by atoms with E-state index >= 15 is 0 Å². The predicted molar refractivity (Wildman–Crippen MR) is 73.2 cm³/mol. The molecule has 0 radical (unpaired) electrons. The molecule has 1 aromatic rings. The van der Waals surface area contributed by atoms with Gasteiger partial charge in [0.15, 0.2) is 5.78 Å². The second-order valence-electron chi connectivity index (χ2n) is 5.57. The number of ketones is 1. The van der Waals surface area contributed by atoms with Gasteiger partial charge in [0.05, 0.1) is 0 Å². The average molecular weight is 264 g/mol. The van der Waals surface area contributed by atoms with E-state index in [1.54, 1.807) is 0 Å². The standard InChI is InChI=1S/C15H18ClNO/c1-10-2-3-12(16)8-13(10)15(18)14-9-17-6-4-11(14)5-7-17/h2-3,8,11,14H,4-7,9H2,1H3. The number of nitrogens with zero attached hydrogens (tertiary/aromatic N) is 1. The number of rotatable bonds is 2. The van der Waals surface area contributed by atoms with Gasteiger partial charge in [0, 0.05) is 23.0 Å². The molecule has 3 saturated heterocycles. The van der Waals surface area contributed by atoms with Crippen molar-refractivity contribution in [3.63, 3.8) is 0 Å². The van der Waals surface area contributed by atoms with E-state index in [9.17, 15) is 4.79 Å². The lowest BCUT2D eigenvalue weighted by atomic mass is 9.75. The fourth-order valence-electron chi connectivity index (χ4n) is 3.32. The van der Waals surface area contributed by atoms with Crippen molar-refractivity contribution in [1.82, 2.24) is 4.90 Å². The summed E-state index contributed by atoms with van der Waals surface area (Å²) in [7, 11) is 0. The third-order valence-electron chi connectivity index (χ3n) is 4.46. The molecule has 1 unspecified atom stereocenters. The van der Waals surface area contributed by atoms with Crippen LogP contribution in [0.5, 0.6) is 0 Å². The van der Waals surface area contributed by atoms with Crippen LogP contribution in [0, 0.1) is 18.8 Å². The first kappa shape index (κ1) is 12.2. The SMILES string of the molecule is Cc1ccc(Cl)cc1C(=O)C1CN2CCC1CC2. The van der Waals surface area contributed by atoms with Crippen LogP contribution < -0.4 is 0 Å². The van der Waals surface area contributed by atoms with Crippen molar-refractivity contribution in [2.24, 2.45) is 11.8 Å². The Labute approximate surface area is 113 Å². The molecule has 2 bridgehead atoms. The van der Waals surface area contributed by atoms with Crippen LogP contribution in [0.25, 0.3) is 0 Å². The van der Waals surface area contributed by atoms with Crippen molar-refractivity contribution in [2.75, 3.05) is 19.6 Å². The van der Waals surface area contributed by atoms with Crippen LogP contribution in [0.2, 0.25) is 5.02 Å². The van der Waals surface area contributed by atoms with Crippen molar-refractivity contribution < 1.29 is 4.79 Å². The van der Waals surface area contributed by atoms with Gasteiger partial charge in [-0.1, -0.05) is 17.7 Å². The minimum Gasteiger partial charge on any atom is -0.303 e. The van der Waals surface area contributed by atoms with Crippen LogP contribution in [0.4, 0.5) is 0 Å². The summed E-state index contributed by atoms with van der Waals surface area (Å²) in [6, 6.07) is 5.62. The van der Waals surface area contributed by atoms with Crippen LogP contribution in [0.15, 0.2) is 18.2 Å². The Morgan fingerprint density at radius 1 is 1.33 bits per heavy atom. The molecule has 0 saturated carbocycles. The van der Waals surface area contributed by atoms with E-state index in [0.717, 1.165) is 17.7 Å². The highest BCUT2D eigenvalue weighted by Crippen LogP contribution is 2.35. The van der Waals surface area contributed by atoms with Gasteiger partial charge in [-0.15, -0.1) is 0 Å². The third kappa shape index (κ3) is 2.08. The van der Waals surface area contributed by atoms with Gasteiger partial charge in [-0.3, -0.25) is 4.79 Å². The number of carbonyl (C=O) groups is 1. The van der Waals surface area contributed by atoms with E-state index in [4.69, 9.17) is 11.6 Å². The third-order valence-corrected chi connectivity index (χ3v) is 4.69. The zero-order chi connectivity index (χ0) is 12.7. The zero-order valence-electron chi connectivity index (χ0n) is 10.7. The van der Waals surface area contributed by atoms with Crippen molar-refractivity contribution in [2.45, 2.75) is 19.8 Å². The smallest absolute Gasteiger partial charge is 0.167 e. The molecule has 0 amide bonds. The van der Waals surface area contributed by atoms with Gasteiger partial charge in [-0.05, 0) is 56.5 Å². The summed E-state index contributed by atoms with van der Waals surface area (Å²) < 4.78 is 0. The van der Waals surface area contributed by atoms with E-state index in [2.05, 4.69) is 4.90 Å². The van der Waals surface area contributed by atoms with Crippen LogP contribution in [0.3, 0.4) is 0 Å². The number of benzene rings is 1. The lowest BCUT2D eigenvalue weighted by Gasteiger charge is -2.44. The second-order valence-corrected chi connectivity index (χ2v) is 6.00. The summed E-state index contributed by atoms with van der Waals surface area (Å²) in [5, 5.41) is 0.658. The monoisotopic (exact) mass is 263 g/mol. The van der Waals surface area contributed by atoms with Crippen LogP contribution in [0.1, 0.15) is 28.8 Å². The summed E-state index contributed by atoms with van der Waals surface area (Å²) >= 11 is 6.02. The van der Waals surface area contributed by atoms with Crippen LogP contribution >= 0.6 is 11.6 Å². The van der Waals surface area contributed by atoms with Gasteiger partial charge in [0.1, 0.15) is 0 Å². The van der Waals surface area contributed by atoms with Crippen LogP contribution in [-0.2, 0) is 0 Å². The molecule has 0 aromatic heterocycles. The van der Waals surface area contributed by atoms with E-state index in [-0.39, 0.29) is 5.92 Å². The number of hydrogen-bond donors (Lipinski definition) is 0. The molecular formula is C15H18ClNO. The number of piperidine rings is 3. The van der Waals surface area contributed by atoms with E-state index < -0.39 is 0 Å². The number of fused-ring (bicyclic) bond motifs is 3. The molecule has 3 aliphatic heterocycles. The molecule has 3 heteroatoms. The molecule has 2 nitrogen and oxygen atoms in total. The lowest BCUT2D eigenvalue weighted by molar-refractivity contribution is 0.0418. The van der Waals surface area contributed by atoms with Crippen molar-refractivity contribution in [1.29, 1.82) is 0 Å². The highest BCUT2D eigenvalue weighted by Gasteiger charge is 2.38. The molecule has 0 aliphatic carbocycles. The normalized spacial score (nSPS) is 30.4. The average Bonchev–Trinajstić information content (AvgIpc) is 2.42. The van der Waals surface area contributed by atoms with Crippen molar-refractivity contribution in [3.8, 4) is 0 Å². The van der Waals surface area contributed by atoms with E-state index in [1.807, 2.05) is 25.1 Å². The number of Topliss-reactive ketones (excluding diaryl/α,β-unsaturated/α-hetero) is 1. The van der Waals surface area contributed by atoms with Gasteiger partial charge < -0.3 is 4.90 Å². The maximum Gasteiger partial charge on any atom is 0.167 e. The molecule has 3 fully saturated rings. The molecule has 96 valence electrons. The summed E-state index contributed by atoms with van der Waals surface area (Å²) in [4.78, 5) is 15.1. The first-order chi connectivity index (χ1) is 8.65. The van der Waals surface area contributed by atoms with Gasteiger partial charge in [-0.2, -0.15) is 0 Å². The lowest BCUT2D eigenvalue weighted by Crippen LogP contribution is -2.50. The topological polar surface area (TPSA) is 20.3 Å².